The van der Waals surface area contributed by atoms with Gasteiger partial charge in [-0.1, -0.05) is 22.0 Å². The average Bonchev–Trinajstić information content (AvgIpc) is 2.03. The molecule has 0 aliphatic carbocycles. The van der Waals surface area contributed by atoms with Crippen LogP contribution in [0, 0.1) is 0 Å². The summed E-state index contributed by atoms with van der Waals surface area (Å²) in [4.78, 5) is 0. The predicted octanol–water partition coefficient (Wildman–Crippen LogP) is 1.02. The monoisotopic (exact) mass is 230 g/mol. The molecule has 4 heteroatoms. The number of hydrogen-bond acceptors (Lipinski definition) is 3. The summed E-state index contributed by atoms with van der Waals surface area (Å²) < 4.78 is 0.837. The van der Waals surface area contributed by atoms with Crippen LogP contribution in [0.5, 0.6) is 0 Å². The Morgan fingerprint density at radius 1 is 1.50 bits per heavy atom. The first kappa shape index (κ1) is 9.51. The summed E-state index contributed by atoms with van der Waals surface area (Å²) in [5.74, 6) is 0. The predicted molar refractivity (Wildman–Crippen MR) is 52.6 cm³/mol. The van der Waals surface area contributed by atoms with Gasteiger partial charge in [0.05, 0.1) is 12.6 Å². The molecule has 1 rings (SSSR count). The van der Waals surface area contributed by atoms with E-state index in [0.717, 1.165) is 10.0 Å². The molecule has 0 saturated heterocycles. The van der Waals surface area contributed by atoms with E-state index in [4.69, 9.17) is 16.6 Å². The van der Waals surface area contributed by atoms with Crippen LogP contribution in [-0.2, 0) is 0 Å². The summed E-state index contributed by atoms with van der Waals surface area (Å²) in [5.41, 5.74) is 12.7. The van der Waals surface area contributed by atoms with Crippen molar-refractivity contribution in [3.63, 3.8) is 0 Å². The van der Waals surface area contributed by atoms with Crippen molar-refractivity contribution >= 4 is 21.6 Å². The van der Waals surface area contributed by atoms with Crippen molar-refractivity contribution in [2.75, 3.05) is 12.3 Å². The van der Waals surface area contributed by atoms with Crippen LogP contribution in [0.25, 0.3) is 0 Å². The van der Waals surface area contributed by atoms with Gasteiger partial charge in [-0.25, -0.2) is 0 Å². The van der Waals surface area contributed by atoms with Crippen LogP contribution in [0.15, 0.2) is 22.7 Å². The average molecular weight is 231 g/mol. The number of rotatable bonds is 2. The maximum absolute atomic E-state index is 8.80. The maximum atomic E-state index is 8.80. The zero-order valence-electron chi connectivity index (χ0n) is 6.50. The number of aliphatic hydroxyl groups is 1. The minimum absolute atomic E-state index is 0.0669. The van der Waals surface area contributed by atoms with Crippen molar-refractivity contribution in [2.45, 2.75) is 6.04 Å². The van der Waals surface area contributed by atoms with E-state index >= 15 is 0 Å². The molecular weight excluding hydrogens is 220 g/mol. The van der Waals surface area contributed by atoms with Crippen molar-refractivity contribution < 1.29 is 5.11 Å². The molecule has 0 aliphatic rings. The number of anilines is 1. The lowest BCUT2D eigenvalue weighted by Crippen LogP contribution is -2.14. The smallest absolute Gasteiger partial charge is 0.0624 e. The second-order valence-corrected chi connectivity index (χ2v) is 3.42. The lowest BCUT2D eigenvalue weighted by Gasteiger charge is -2.10. The minimum atomic E-state index is -0.347. The summed E-state index contributed by atoms with van der Waals surface area (Å²) in [6.45, 7) is -0.0669. The Morgan fingerprint density at radius 3 is 2.67 bits per heavy atom. The molecule has 66 valence electrons. The van der Waals surface area contributed by atoms with E-state index in [1.165, 1.54) is 0 Å². The topological polar surface area (TPSA) is 72.3 Å². The first-order valence-corrected chi connectivity index (χ1v) is 4.36. The summed E-state index contributed by atoms with van der Waals surface area (Å²) in [6.07, 6.45) is 0. The van der Waals surface area contributed by atoms with Crippen LogP contribution in [0.2, 0.25) is 0 Å². The van der Waals surface area contributed by atoms with Crippen molar-refractivity contribution in [1.29, 1.82) is 0 Å². The number of nitrogens with two attached hydrogens (primary N) is 2. The van der Waals surface area contributed by atoms with Crippen LogP contribution in [0.1, 0.15) is 11.6 Å². The Hall–Kier alpha value is -0.580. The molecule has 0 fully saturated rings. The summed E-state index contributed by atoms with van der Waals surface area (Å²) in [5, 5.41) is 8.80. The van der Waals surface area contributed by atoms with E-state index in [2.05, 4.69) is 15.9 Å². The van der Waals surface area contributed by atoms with Gasteiger partial charge in [-0.15, -0.1) is 0 Å². The SMILES string of the molecule is Nc1ccc([C@@H](N)CO)c(Br)c1. The summed E-state index contributed by atoms with van der Waals surface area (Å²) in [7, 11) is 0. The van der Waals surface area contributed by atoms with Gasteiger partial charge in [-0.2, -0.15) is 0 Å². The van der Waals surface area contributed by atoms with E-state index in [9.17, 15) is 0 Å². The quantitative estimate of drug-likeness (QED) is 0.665. The van der Waals surface area contributed by atoms with Crippen molar-refractivity contribution in [2.24, 2.45) is 5.73 Å². The second kappa shape index (κ2) is 3.89. The third kappa shape index (κ3) is 1.97. The molecule has 1 aromatic carbocycles. The number of halogens is 1. The number of benzene rings is 1. The minimum Gasteiger partial charge on any atom is -0.399 e. The van der Waals surface area contributed by atoms with Gasteiger partial charge in [-0.05, 0) is 17.7 Å². The highest BCUT2D eigenvalue weighted by Crippen LogP contribution is 2.23. The second-order valence-electron chi connectivity index (χ2n) is 2.57. The molecule has 1 aromatic rings. The summed E-state index contributed by atoms with van der Waals surface area (Å²) >= 11 is 3.32. The Labute approximate surface area is 79.5 Å². The van der Waals surface area contributed by atoms with Gasteiger partial charge in [0, 0.05) is 10.2 Å². The lowest BCUT2D eigenvalue weighted by molar-refractivity contribution is 0.267. The van der Waals surface area contributed by atoms with Gasteiger partial charge in [0.15, 0.2) is 0 Å². The normalized spacial score (nSPS) is 12.9. The van der Waals surface area contributed by atoms with Gasteiger partial charge < -0.3 is 16.6 Å². The standard InChI is InChI=1S/C8H11BrN2O/c9-7-3-5(10)1-2-6(7)8(11)4-12/h1-3,8,12H,4,10-11H2/t8-/m0/s1. The largest absolute Gasteiger partial charge is 0.399 e. The van der Waals surface area contributed by atoms with Crippen LogP contribution < -0.4 is 11.5 Å². The van der Waals surface area contributed by atoms with Crippen LogP contribution in [-0.4, -0.2) is 11.7 Å². The van der Waals surface area contributed by atoms with Gasteiger partial charge in [-0.3, -0.25) is 0 Å². The highest BCUT2D eigenvalue weighted by molar-refractivity contribution is 9.10. The highest BCUT2D eigenvalue weighted by atomic mass is 79.9. The fourth-order valence-electron chi connectivity index (χ4n) is 0.942. The molecule has 0 bridgehead atoms. The third-order valence-electron chi connectivity index (χ3n) is 1.62. The lowest BCUT2D eigenvalue weighted by atomic mass is 10.1. The zero-order valence-corrected chi connectivity index (χ0v) is 8.08. The highest BCUT2D eigenvalue weighted by Gasteiger charge is 2.07. The first-order chi connectivity index (χ1) is 5.65. The molecule has 0 saturated carbocycles. The van der Waals surface area contributed by atoms with Crippen molar-refractivity contribution in [3.05, 3.63) is 28.2 Å². The van der Waals surface area contributed by atoms with Crippen molar-refractivity contribution in [1.82, 2.24) is 0 Å². The molecule has 1 atom stereocenters. The van der Waals surface area contributed by atoms with E-state index in [1.54, 1.807) is 18.2 Å². The zero-order chi connectivity index (χ0) is 9.14. The fraction of sp³-hybridized carbons (Fsp3) is 0.250. The first-order valence-electron chi connectivity index (χ1n) is 3.56. The number of nitrogen functional groups attached to an aromatic ring is 1. The molecule has 5 N–H and O–H groups in total. The van der Waals surface area contributed by atoms with E-state index in [1.807, 2.05) is 0 Å². The fourth-order valence-corrected chi connectivity index (χ4v) is 1.63. The molecule has 0 heterocycles. The van der Waals surface area contributed by atoms with Gasteiger partial charge >= 0.3 is 0 Å². The Balaban J connectivity index is 3.01. The van der Waals surface area contributed by atoms with Crippen LogP contribution in [0.3, 0.4) is 0 Å². The Kier molecular flexibility index (Phi) is 3.08. The molecule has 3 nitrogen and oxygen atoms in total. The Bertz CT molecular complexity index is 278. The van der Waals surface area contributed by atoms with Crippen molar-refractivity contribution in [3.8, 4) is 0 Å². The molecule has 0 spiro atoms. The molecule has 12 heavy (non-hydrogen) atoms. The molecule has 0 radical (unpaired) electrons. The van der Waals surface area contributed by atoms with E-state index in [0.29, 0.717) is 5.69 Å². The van der Waals surface area contributed by atoms with Gasteiger partial charge in [0.1, 0.15) is 0 Å². The number of hydrogen-bond donors (Lipinski definition) is 3. The number of aliphatic hydroxyl groups excluding tert-OH is 1. The molecule has 0 unspecified atom stereocenters. The van der Waals surface area contributed by atoms with Crippen LogP contribution >= 0.6 is 15.9 Å². The third-order valence-corrected chi connectivity index (χ3v) is 2.31. The van der Waals surface area contributed by atoms with E-state index < -0.39 is 0 Å². The van der Waals surface area contributed by atoms with Crippen LogP contribution in [0.4, 0.5) is 5.69 Å². The molecule has 0 amide bonds. The summed E-state index contributed by atoms with van der Waals surface area (Å²) in [6, 6.07) is 4.99. The molecular formula is C8H11BrN2O. The maximum Gasteiger partial charge on any atom is 0.0624 e. The Morgan fingerprint density at radius 2 is 2.17 bits per heavy atom. The molecule has 0 aromatic heterocycles. The van der Waals surface area contributed by atoms with Gasteiger partial charge in [0.2, 0.25) is 0 Å². The molecule has 0 aliphatic heterocycles. The van der Waals surface area contributed by atoms with Gasteiger partial charge in [0.25, 0.3) is 0 Å². The van der Waals surface area contributed by atoms with E-state index in [-0.39, 0.29) is 12.6 Å².